The zero-order valence-electron chi connectivity index (χ0n) is 11.5. The van der Waals surface area contributed by atoms with Crippen LogP contribution in [0.25, 0.3) is 5.57 Å². The Morgan fingerprint density at radius 1 is 1.42 bits per heavy atom. The highest BCUT2D eigenvalue weighted by Gasteiger charge is 2.39. The van der Waals surface area contributed by atoms with E-state index in [4.69, 9.17) is 5.41 Å². The van der Waals surface area contributed by atoms with Crippen LogP contribution in [-0.4, -0.2) is 33.4 Å². The van der Waals surface area contributed by atoms with Crippen molar-refractivity contribution in [3.63, 3.8) is 0 Å². The molecule has 2 aliphatic rings. The summed E-state index contributed by atoms with van der Waals surface area (Å²) < 4.78 is 0. The molecule has 1 fully saturated rings. The predicted octanol–water partition coefficient (Wildman–Crippen LogP) is 3.16. The number of hydrogen-bond acceptors (Lipinski definition) is 4. The second kappa shape index (κ2) is 4.07. The highest BCUT2D eigenvalue weighted by molar-refractivity contribution is 7.11. The van der Waals surface area contributed by atoms with E-state index in [2.05, 4.69) is 25.8 Å². The molecule has 0 saturated heterocycles. The van der Waals surface area contributed by atoms with Gasteiger partial charge in [-0.1, -0.05) is 20.8 Å². The lowest BCUT2D eigenvalue weighted by Crippen LogP contribution is -2.28. The molecule has 0 unspecified atom stereocenters. The summed E-state index contributed by atoms with van der Waals surface area (Å²) in [7, 11) is 0. The minimum Gasteiger partial charge on any atom is -0.510 e. The van der Waals surface area contributed by atoms with E-state index in [-0.39, 0.29) is 5.41 Å². The zero-order chi connectivity index (χ0) is 13.8. The third kappa shape index (κ3) is 2.16. The first-order valence-corrected chi connectivity index (χ1v) is 7.50. The van der Waals surface area contributed by atoms with Crippen molar-refractivity contribution in [1.82, 2.24) is 9.88 Å². The van der Waals surface area contributed by atoms with E-state index in [9.17, 15) is 5.11 Å². The van der Waals surface area contributed by atoms with Crippen molar-refractivity contribution >= 4 is 22.7 Å². The quantitative estimate of drug-likeness (QED) is 0.873. The number of nitrogens with zero attached hydrogens (tertiary/aromatic N) is 2. The zero-order valence-corrected chi connectivity index (χ0v) is 12.3. The Morgan fingerprint density at radius 3 is 2.63 bits per heavy atom. The fraction of sp³-hybridized carbons (Fsp3) is 0.571. The van der Waals surface area contributed by atoms with Gasteiger partial charge >= 0.3 is 0 Å². The van der Waals surface area contributed by atoms with Gasteiger partial charge in [-0.2, -0.15) is 0 Å². The van der Waals surface area contributed by atoms with Gasteiger partial charge in [-0.25, -0.2) is 4.98 Å². The molecule has 0 radical (unpaired) electrons. The minimum absolute atomic E-state index is 0.00189. The lowest BCUT2D eigenvalue weighted by atomic mass is 9.93. The summed E-state index contributed by atoms with van der Waals surface area (Å²) in [5.41, 5.74) is 1.65. The van der Waals surface area contributed by atoms with Crippen molar-refractivity contribution < 1.29 is 5.11 Å². The van der Waals surface area contributed by atoms with Crippen molar-refractivity contribution in [3.8, 4) is 0 Å². The highest BCUT2D eigenvalue weighted by Crippen LogP contribution is 2.37. The second-order valence-electron chi connectivity index (χ2n) is 6.32. The van der Waals surface area contributed by atoms with Gasteiger partial charge in [0.05, 0.1) is 17.8 Å². The third-order valence-electron chi connectivity index (χ3n) is 3.61. The standard InChI is InChI=1S/C14H19N3OS/c1-14(2,3)10-7-19-13(16-10)11-9(18)6-17(12(11)15)8-4-5-8/h7-8,15,18H,4-6H2,1-3H3. The van der Waals surface area contributed by atoms with Crippen LogP contribution in [0.1, 0.15) is 44.3 Å². The van der Waals surface area contributed by atoms with Crippen molar-refractivity contribution in [3.05, 3.63) is 21.8 Å². The van der Waals surface area contributed by atoms with Gasteiger partial charge in [0.1, 0.15) is 16.6 Å². The molecule has 3 rings (SSSR count). The van der Waals surface area contributed by atoms with Gasteiger partial charge in [0, 0.05) is 16.8 Å². The fourth-order valence-corrected chi connectivity index (χ4v) is 3.37. The third-order valence-corrected chi connectivity index (χ3v) is 4.47. The maximum atomic E-state index is 10.1. The molecule has 0 bridgehead atoms. The van der Waals surface area contributed by atoms with Crippen LogP contribution in [0.3, 0.4) is 0 Å². The van der Waals surface area contributed by atoms with Crippen LogP contribution in [0.4, 0.5) is 0 Å². The van der Waals surface area contributed by atoms with Gasteiger partial charge in [-0.15, -0.1) is 11.3 Å². The molecule has 1 aliphatic heterocycles. The Labute approximate surface area is 117 Å². The number of thiazole rings is 1. The lowest BCUT2D eigenvalue weighted by Gasteiger charge is -2.17. The first-order valence-electron chi connectivity index (χ1n) is 6.62. The van der Waals surface area contributed by atoms with Crippen molar-refractivity contribution in [1.29, 1.82) is 5.41 Å². The van der Waals surface area contributed by atoms with Gasteiger partial charge in [0.15, 0.2) is 0 Å². The maximum absolute atomic E-state index is 10.1. The first-order chi connectivity index (χ1) is 8.88. The number of aliphatic hydroxyl groups excluding tert-OH is 1. The Bertz CT molecular complexity index is 563. The molecule has 5 heteroatoms. The van der Waals surface area contributed by atoms with Crippen molar-refractivity contribution in [2.45, 2.75) is 45.1 Å². The Kier molecular flexibility index (Phi) is 2.71. The van der Waals surface area contributed by atoms with E-state index in [1.807, 2.05) is 10.3 Å². The number of nitrogens with one attached hydrogen (secondary N) is 1. The largest absolute Gasteiger partial charge is 0.510 e. The van der Waals surface area contributed by atoms with Crippen LogP contribution < -0.4 is 0 Å². The Balaban J connectivity index is 1.91. The summed E-state index contributed by atoms with van der Waals surface area (Å²) in [6.07, 6.45) is 2.27. The molecule has 2 N–H and O–H groups in total. The molecule has 2 heterocycles. The molecule has 1 aliphatic carbocycles. The topological polar surface area (TPSA) is 60.2 Å². The highest BCUT2D eigenvalue weighted by atomic mass is 32.1. The lowest BCUT2D eigenvalue weighted by molar-refractivity contribution is 0.345. The monoisotopic (exact) mass is 277 g/mol. The van der Waals surface area contributed by atoms with Crippen LogP contribution in [0.2, 0.25) is 0 Å². The van der Waals surface area contributed by atoms with Gasteiger partial charge in [0.2, 0.25) is 0 Å². The van der Waals surface area contributed by atoms with Crippen molar-refractivity contribution in [2.75, 3.05) is 6.54 Å². The minimum atomic E-state index is 0.00189. The van der Waals surface area contributed by atoms with Gasteiger partial charge in [0.25, 0.3) is 0 Å². The number of aromatic nitrogens is 1. The molecule has 102 valence electrons. The number of aliphatic hydroxyl groups is 1. The van der Waals surface area contributed by atoms with Crippen LogP contribution in [0, 0.1) is 5.41 Å². The summed E-state index contributed by atoms with van der Waals surface area (Å²) in [6, 6.07) is 0.453. The molecule has 4 nitrogen and oxygen atoms in total. The van der Waals surface area contributed by atoms with E-state index in [0.29, 0.717) is 29.8 Å². The van der Waals surface area contributed by atoms with Gasteiger partial charge < -0.3 is 10.0 Å². The number of rotatable bonds is 2. The van der Waals surface area contributed by atoms with E-state index in [0.717, 1.165) is 23.5 Å². The van der Waals surface area contributed by atoms with Gasteiger partial charge in [-0.3, -0.25) is 5.41 Å². The van der Waals surface area contributed by atoms with Crippen LogP contribution in [0.15, 0.2) is 11.1 Å². The molecule has 1 aromatic heterocycles. The molecule has 0 atom stereocenters. The van der Waals surface area contributed by atoms with Crippen LogP contribution in [0.5, 0.6) is 0 Å². The predicted molar refractivity (Wildman–Crippen MR) is 77.8 cm³/mol. The van der Waals surface area contributed by atoms with Crippen LogP contribution in [-0.2, 0) is 5.41 Å². The number of amidine groups is 1. The smallest absolute Gasteiger partial charge is 0.135 e. The summed E-state index contributed by atoms with van der Waals surface area (Å²) in [4.78, 5) is 6.60. The van der Waals surface area contributed by atoms with Gasteiger partial charge in [-0.05, 0) is 12.8 Å². The number of hydrogen-bond donors (Lipinski definition) is 2. The van der Waals surface area contributed by atoms with E-state index in [1.54, 1.807) is 0 Å². The average Bonchev–Trinajstić information content (AvgIpc) is 2.94. The molecule has 0 amide bonds. The summed E-state index contributed by atoms with van der Waals surface area (Å²) in [5, 5.41) is 21.2. The summed E-state index contributed by atoms with van der Waals surface area (Å²) in [5.74, 6) is 0.738. The van der Waals surface area contributed by atoms with E-state index < -0.39 is 0 Å². The SMILES string of the molecule is CC(C)(C)c1csc(C2=C(O)CN(C3CC3)C2=N)n1. The molecule has 1 saturated carbocycles. The van der Waals surface area contributed by atoms with Crippen molar-refractivity contribution in [2.24, 2.45) is 0 Å². The summed E-state index contributed by atoms with van der Waals surface area (Å²) >= 11 is 1.52. The Hall–Kier alpha value is -1.36. The van der Waals surface area contributed by atoms with E-state index in [1.165, 1.54) is 11.3 Å². The summed E-state index contributed by atoms with van der Waals surface area (Å²) in [6.45, 7) is 6.84. The average molecular weight is 277 g/mol. The van der Waals surface area contributed by atoms with E-state index >= 15 is 0 Å². The maximum Gasteiger partial charge on any atom is 0.135 e. The first kappa shape index (κ1) is 12.7. The fourth-order valence-electron chi connectivity index (χ4n) is 2.26. The molecular formula is C14H19N3OS. The molecule has 0 aromatic carbocycles. The second-order valence-corrected chi connectivity index (χ2v) is 7.18. The molecule has 1 aromatic rings. The normalized spacial score (nSPS) is 20.6. The molecular weight excluding hydrogens is 258 g/mol. The molecule has 0 spiro atoms. The van der Waals surface area contributed by atoms with Crippen LogP contribution >= 0.6 is 11.3 Å². The molecule has 19 heavy (non-hydrogen) atoms. The Morgan fingerprint density at radius 2 is 2.11 bits per heavy atom.